The Labute approximate surface area is 139 Å². The summed E-state index contributed by atoms with van der Waals surface area (Å²) in [6, 6.07) is 2.64. The highest BCUT2D eigenvalue weighted by Gasteiger charge is 2.33. The van der Waals surface area contributed by atoms with E-state index in [0.29, 0.717) is 25.1 Å². The van der Waals surface area contributed by atoms with Gasteiger partial charge in [0.15, 0.2) is 5.96 Å². The molecule has 0 heterocycles. The van der Waals surface area contributed by atoms with Crippen LogP contribution in [0.15, 0.2) is 23.2 Å². The third-order valence-electron chi connectivity index (χ3n) is 3.20. The normalized spacial score (nSPS) is 12.6. The highest BCUT2D eigenvalue weighted by molar-refractivity contribution is 5.79. The third kappa shape index (κ3) is 7.16. The molecule has 0 unspecified atom stereocenters. The van der Waals surface area contributed by atoms with Crippen LogP contribution in [0.1, 0.15) is 24.5 Å². The molecular weight excluding hydrogens is 324 g/mol. The lowest BCUT2D eigenvalue weighted by molar-refractivity contribution is -0.138. The molecule has 1 rings (SSSR count). The molecule has 0 spiro atoms. The lowest BCUT2D eigenvalue weighted by atomic mass is 10.1. The molecule has 2 N–H and O–H groups in total. The molecule has 1 aromatic rings. The Balaban J connectivity index is 2.79. The van der Waals surface area contributed by atoms with Gasteiger partial charge in [0.2, 0.25) is 0 Å². The molecule has 0 radical (unpaired) electrons. The monoisotopic (exact) mass is 348 g/mol. The van der Waals surface area contributed by atoms with E-state index in [9.17, 15) is 17.6 Å². The average Bonchev–Trinajstić information content (AvgIpc) is 2.48. The van der Waals surface area contributed by atoms with E-state index in [4.69, 9.17) is 0 Å². The van der Waals surface area contributed by atoms with Crippen LogP contribution in [-0.2, 0) is 12.7 Å². The summed E-state index contributed by atoms with van der Waals surface area (Å²) >= 11 is 0. The number of hydrogen-bond acceptors (Lipinski definition) is 2. The molecule has 4 nitrogen and oxygen atoms in total. The van der Waals surface area contributed by atoms with Crippen molar-refractivity contribution in [1.29, 1.82) is 0 Å². The van der Waals surface area contributed by atoms with Gasteiger partial charge in [-0.3, -0.25) is 0 Å². The number of alkyl halides is 3. The van der Waals surface area contributed by atoms with E-state index in [-0.39, 0.29) is 12.1 Å². The molecule has 0 aliphatic rings. The van der Waals surface area contributed by atoms with E-state index < -0.39 is 17.6 Å². The minimum Gasteiger partial charge on any atom is -0.357 e. The van der Waals surface area contributed by atoms with E-state index in [2.05, 4.69) is 15.6 Å². The molecule has 8 heteroatoms. The molecule has 0 amide bonds. The summed E-state index contributed by atoms with van der Waals surface area (Å²) in [7, 11) is 3.93. The van der Waals surface area contributed by atoms with Crippen molar-refractivity contribution in [3.05, 3.63) is 35.1 Å². The SMILES string of the molecule is CCNC(=NCc1ccc(F)cc1C(F)(F)F)NCCCN(C)C. The minimum absolute atomic E-state index is 0.0607. The van der Waals surface area contributed by atoms with E-state index >= 15 is 0 Å². The summed E-state index contributed by atoms with van der Waals surface area (Å²) in [5.41, 5.74) is -1.05. The van der Waals surface area contributed by atoms with Gasteiger partial charge in [0.25, 0.3) is 0 Å². The van der Waals surface area contributed by atoms with Crippen molar-refractivity contribution >= 4 is 5.96 Å². The maximum atomic E-state index is 13.1. The Hall–Kier alpha value is -1.83. The van der Waals surface area contributed by atoms with Crippen LogP contribution in [0.2, 0.25) is 0 Å². The summed E-state index contributed by atoms with van der Waals surface area (Å²) in [5.74, 6) is -0.475. The van der Waals surface area contributed by atoms with Crippen molar-refractivity contribution in [3.63, 3.8) is 0 Å². The van der Waals surface area contributed by atoms with Crippen LogP contribution in [0.3, 0.4) is 0 Å². The van der Waals surface area contributed by atoms with Crippen molar-refractivity contribution < 1.29 is 17.6 Å². The van der Waals surface area contributed by atoms with Gasteiger partial charge in [-0.2, -0.15) is 13.2 Å². The van der Waals surface area contributed by atoms with Crippen molar-refractivity contribution in [2.75, 3.05) is 33.7 Å². The minimum atomic E-state index is -4.61. The first kappa shape index (κ1) is 20.2. The predicted molar refractivity (Wildman–Crippen MR) is 87.4 cm³/mol. The Bertz CT molecular complexity index is 541. The van der Waals surface area contributed by atoms with Crippen LogP contribution >= 0.6 is 0 Å². The van der Waals surface area contributed by atoms with Crippen LogP contribution in [-0.4, -0.2) is 44.6 Å². The number of nitrogens with zero attached hydrogens (tertiary/aromatic N) is 2. The third-order valence-corrected chi connectivity index (χ3v) is 3.20. The van der Waals surface area contributed by atoms with E-state index in [1.807, 2.05) is 25.9 Å². The molecule has 1 aromatic carbocycles. The van der Waals surface area contributed by atoms with Gasteiger partial charge in [-0.15, -0.1) is 0 Å². The Kier molecular flexibility index (Phi) is 7.97. The van der Waals surface area contributed by atoms with Gasteiger partial charge in [0.1, 0.15) is 5.82 Å². The standard InChI is InChI=1S/C16H24F4N4/c1-4-21-15(22-8-5-9-24(2)3)23-11-12-6-7-13(17)10-14(12)16(18,19)20/h6-7,10H,4-5,8-9,11H2,1-3H3,(H2,21,22,23). The summed E-state index contributed by atoms with van der Waals surface area (Å²) in [4.78, 5) is 6.20. The number of aliphatic imine (C=N–C) groups is 1. The Morgan fingerprint density at radius 3 is 2.50 bits per heavy atom. The van der Waals surface area contributed by atoms with Gasteiger partial charge in [0.05, 0.1) is 12.1 Å². The Morgan fingerprint density at radius 2 is 1.92 bits per heavy atom. The molecule has 0 saturated carbocycles. The molecule has 0 bridgehead atoms. The van der Waals surface area contributed by atoms with E-state index in [1.54, 1.807) is 0 Å². The second-order valence-electron chi connectivity index (χ2n) is 5.58. The summed E-state index contributed by atoms with van der Waals surface area (Å²) in [6.07, 6.45) is -3.73. The maximum absolute atomic E-state index is 13.1. The average molecular weight is 348 g/mol. The Morgan fingerprint density at radius 1 is 1.21 bits per heavy atom. The molecule has 0 saturated heterocycles. The fraction of sp³-hybridized carbons (Fsp3) is 0.562. The number of guanidine groups is 1. The lowest BCUT2D eigenvalue weighted by Gasteiger charge is -2.14. The highest BCUT2D eigenvalue weighted by Crippen LogP contribution is 2.32. The van der Waals surface area contributed by atoms with Crippen molar-refractivity contribution in [1.82, 2.24) is 15.5 Å². The first-order chi connectivity index (χ1) is 11.2. The van der Waals surface area contributed by atoms with Crippen LogP contribution in [0.5, 0.6) is 0 Å². The first-order valence-electron chi connectivity index (χ1n) is 7.76. The van der Waals surface area contributed by atoms with Gasteiger partial charge in [0, 0.05) is 13.1 Å². The fourth-order valence-electron chi connectivity index (χ4n) is 2.06. The number of halogens is 4. The number of hydrogen-bond donors (Lipinski definition) is 2. The fourth-order valence-corrected chi connectivity index (χ4v) is 2.06. The number of nitrogens with one attached hydrogen (secondary N) is 2. The zero-order valence-corrected chi connectivity index (χ0v) is 14.2. The largest absolute Gasteiger partial charge is 0.416 e. The second-order valence-corrected chi connectivity index (χ2v) is 5.58. The van der Waals surface area contributed by atoms with Crippen molar-refractivity contribution in [2.24, 2.45) is 4.99 Å². The van der Waals surface area contributed by atoms with Gasteiger partial charge in [-0.05, 0) is 51.7 Å². The summed E-state index contributed by atoms with van der Waals surface area (Å²) < 4.78 is 52.0. The van der Waals surface area contributed by atoms with Gasteiger partial charge in [-0.1, -0.05) is 6.07 Å². The zero-order valence-electron chi connectivity index (χ0n) is 14.2. The van der Waals surface area contributed by atoms with Gasteiger partial charge >= 0.3 is 6.18 Å². The molecule has 0 aliphatic carbocycles. The predicted octanol–water partition coefficient (Wildman–Crippen LogP) is 2.85. The molecule has 0 aromatic heterocycles. The quantitative estimate of drug-likeness (QED) is 0.345. The smallest absolute Gasteiger partial charge is 0.357 e. The topological polar surface area (TPSA) is 39.7 Å². The highest BCUT2D eigenvalue weighted by atomic mass is 19.4. The molecule has 24 heavy (non-hydrogen) atoms. The zero-order chi connectivity index (χ0) is 18.2. The number of benzene rings is 1. The molecule has 0 atom stereocenters. The molecule has 0 aliphatic heterocycles. The maximum Gasteiger partial charge on any atom is 0.416 e. The van der Waals surface area contributed by atoms with E-state index in [0.717, 1.165) is 25.1 Å². The lowest BCUT2D eigenvalue weighted by Crippen LogP contribution is -2.38. The van der Waals surface area contributed by atoms with E-state index in [1.165, 1.54) is 0 Å². The van der Waals surface area contributed by atoms with Crippen LogP contribution in [0.25, 0.3) is 0 Å². The molecule has 0 fully saturated rings. The van der Waals surface area contributed by atoms with Gasteiger partial charge < -0.3 is 15.5 Å². The molecule has 136 valence electrons. The second kappa shape index (κ2) is 9.46. The van der Waals surface area contributed by atoms with Crippen molar-refractivity contribution in [2.45, 2.75) is 26.1 Å². The van der Waals surface area contributed by atoms with Crippen LogP contribution in [0, 0.1) is 5.82 Å². The summed E-state index contributed by atoms with van der Waals surface area (Å²) in [5, 5.41) is 6.05. The molecular formula is C16H24F4N4. The summed E-state index contributed by atoms with van der Waals surface area (Å²) in [6.45, 7) is 3.82. The first-order valence-corrected chi connectivity index (χ1v) is 7.76. The van der Waals surface area contributed by atoms with Gasteiger partial charge in [-0.25, -0.2) is 9.38 Å². The number of rotatable bonds is 7. The van der Waals surface area contributed by atoms with Crippen LogP contribution < -0.4 is 10.6 Å². The van der Waals surface area contributed by atoms with Crippen molar-refractivity contribution in [3.8, 4) is 0 Å². The van der Waals surface area contributed by atoms with Crippen LogP contribution in [0.4, 0.5) is 17.6 Å².